The number of benzene rings is 2. The van der Waals surface area contributed by atoms with Gasteiger partial charge in [-0.15, -0.1) is 0 Å². The quantitative estimate of drug-likeness (QED) is 0.285. The molecule has 0 spiro atoms. The lowest BCUT2D eigenvalue weighted by Crippen LogP contribution is -2.50. The number of alkyl carbamates (subject to hydrolysis) is 1. The Labute approximate surface area is 252 Å². The first kappa shape index (κ1) is 31.2. The molecule has 1 aliphatic rings. The van der Waals surface area contributed by atoms with Gasteiger partial charge in [0.05, 0.1) is 11.7 Å². The van der Waals surface area contributed by atoms with E-state index in [1.807, 2.05) is 45.0 Å². The van der Waals surface area contributed by atoms with E-state index in [1.54, 1.807) is 24.3 Å². The van der Waals surface area contributed by atoms with Crippen LogP contribution in [-0.2, 0) is 20.7 Å². The SMILES string of the molecule is CC(C)(C)OC(=O)NC[C@H]1CC[C@H](C(=O)N(C(=O)[C@@H](N)Cc2cccc(Br)c2)c2ccc(-c3n[nH]c(=O)[nH]3)cc2)CC1. The molecule has 0 saturated heterocycles. The van der Waals surface area contributed by atoms with Gasteiger partial charge in [-0.3, -0.25) is 14.6 Å². The molecule has 11 nitrogen and oxygen atoms in total. The number of aromatic nitrogens is 3. The second kappa shape index (κ2) is 13.5. The smallest absolute Gasteiger partial charge is 0.407 e. The lowest BCUT2D eigenvalue weighted by Gasteiger charge is -2.32. The fraction of sp³-hybridized carbons (Fsp3) is 0.433. The Morgan fingerprint density at radius 2 is 1.81 bits per heavy atom. The number of nitrogens with one attached hydrogen (secondary N) is 3. The first-order chi connectivity index (χ1) is 19.9. The molecule has 1 aliphatic carbocycles. The summed E-state index contributed by atoms with van der Waals surface area (Å²) in [6.07, 6.45) is 2.41. The van der Waals surface area contributed by atoms with Gasteiger partial charge < -0.3 is 15.8 Å². The van der Waals surface area contributed by atoms with E-state index in [1.165, 1.54) is 4.90 Å². The maximum absolute atomic E-state index is 13.9. The molecule has 1 aromatic heterocycles. The van der Waals surface area contributed by atoms with E-state index >= 15 is 0 Å². The summed E-state index contributed by atoms with van der Waals surface area (Å²) >= 11 is 3.44. The zero-order chi connectivity index (χ0) is 30.4. The Morgan fingerprint density at radius 1 is 1.12 bits per heavy atom. The molecule has 224 valence electrons. The van der Waals surface area contributed by atoms with E-state index in [2.05, 4.69) is 36.4 Å². The number of hydrogen-bond acceptors (Lipinski definition) is 7. The summed E-state index contributed by atoms with van der Waals surface area (Å²) in [6.45, 7) is 5.90. The van der Waals surface area contributed by atoms with Crippen LogP contribution in [0.15, 0.2) is 57.8 Å². The van der Waals surface area contributed by atoms with Crippen molar-refractivity contribution in [1.29, 1.82) is 0 Å². The highest BCUT2D eigenvalue weighted by Gasteiger charge is 2.35. The summed E-state index contributed by atoms with van der Waals surface area (Å²) in [6, 6.07) is 13.3. The number of amides is 3. The summed E-state index contributed by atoms with van der Waals surface area (Å²) < 4.78 is 6.19. The molecule has 3 amide bonds. The molecule has 4 rings (SSSR count). The number of carbonyl (C=O) groups excluding carboxylic acids is 3. The van der Waals surface area contributed by atoms with Crippen LogP contribution in [0.1, 0.15) is 52.0 Å². The van der Waals surface area contributed by atoms with Gasteiger partial charge in [0.25, 0.3) is 5.91 Å². The Bertz CT molecular complexity index is 1450. The Kier molecular flexibility index (Phi) is 10.00. The van der Waals surface area contributed by atoms with Crippen molar-refractivity contribution in [1.82, 2.24) is 20.5 Å². The standard InChI is InChI=1S/C30H37BrN6O5/c1-30(2,3)42-29(41)33-17-18-7-9-21(10-8-18)26(38)37(27(39)24(32)16-19-5-4-6-22(31)15-19)23-13-11-20(12-14-23)25-34-28(40)36-35-25/h4-6,11-15,18,21,24H,7-10,16-17,32H2,1-3H3,(H,33,41)(H2,34,35,36,40)/t18-,21-,24-/m0/s1. The van der Waals surface area contributed by atoms with Crippen LogP contribution in [0.2, 0.25) is 0 Å². The highest BCUT2D eigenvalue weighted by molar-refractivity contribution is 9.10. The number of anilines is 1. The Morgan fingerprint density at radius 3 is 2.40 bits per heavy atom. The molecular weight excluding hydrogens is 604 g/mol. The number of hydrogen-bond donors (Lipinski definition) is 4. The Hall–Kier alpha value is -3.77. The van der Waals surface area contributed by atoms with Crippen molar-refractivity contribution < 1.29 is 19.1 Å². The number of nitrogens with zero attached hydrogens (tertiary/aromatic N) is 2. The highest BCUT2D eigenvalue weighted by atomic mass is 79.9. The molecule has 0 bridgehead atoms. The lowest BCUT2D eigenvalue weighted by atomic mass is 9.81. The van der Waals surface area contributed by atoms with Crippen LogP contribution in [0.4, 0.5) is 10.5 Å². The van der Waals surface area contributed by atoms with Gasteiger partial charge in [-0.05, 0) is 101 Å². The Balaban J connectivity index is 1.48. The number of carbonyl (C=O) groups is 3. The van der Waals surface area contributed by atoms with Crippen LogP contribution in [0, 0.1) is 11.8 Å². The van der Waals surface area contributed by atoms with Crippen molar-refractivity contribution in [2.45, 2.75) is 64.5 Å². The number of rotatable bonds is 8. The molecule has 12 heteroatoms. The summed E-state index contributed by atoms with van der Waals surface area (Å²) in [4.78, 5) is 55.0. The van der Waals surface area contributed by atoms with E-state index in [-0.39, 0.29) is 24.2 Å². The summed E-state index contributed by atoms with van der Waals surface area (Å²) in [5.74, 6) is -0.605. The van der Waals surface area contributed by atoms with E-state index < -0.39 is 29.3 Å². The molecule has 5 N–H and O–H groups in total. The molecule has 0 unspecified atom stereocenters. The molecule has 3 aromatic rings. The summed E-state index contributed by atoms with van der Waals surface area (Å²) in [7, 11) is 0. The molecule has 0 aliphatic heterocycles. The molecule has 1 atom stereocenters. The van der Waals surface area contributed by atoms with E-state index in [9.17, 15) is 19.2 Å². The predicted molar refractivity (Wildman–Crippen MR) is 163 cm³/mol. The third-order valence-electron chi connectivity index (χ3n) is 7.13. The van der Waals surface area contributed by atoms with Gasteiger partial charge in [0.1, 0.15) is 5.60 Å². The van der Waals surface area contributed by atoms with Crippen LogP contribution in [0.25, 0.3) is 11.4 Å². The van der Waals surface area contributed by atoms with E-state index in [0.29, 0.717) is 36.5 Å². The number of halogens is 1. The van der Waals surface area contributed by atoms with Gasteiger partial charge in [0, 0.05) is 22.5 Å². The van der Waals surface area contributed by atoms with Crippen LogP contribution in [0.3, 0.4) is 0 Å². The molecular formula is C30H37BrN6O5. The predicted octanol–water partition coefficient (Wildman–Crippen LogP) is 4.29. The average Bonchev–Trinajstić information content (AvgIpc) is 3.38. The molecule has 1 fully saturated rings. The fourth-order valence-electron chi connectivity index (χ4n) is 5.05. The number of imide groups is 1. The normalized spacial score (nSPS) is 17.7. The molecule has 1 heterocycles. The monoisotopic (exact) mass is 640 g/mol. The van der Waals surface area contributed by atoms with Crippen molar-refractivity contribution >= 4 is 39.5 Å². The van der Waals surface area contributed by atoms with Crippen LogP contribution in [0.5, 0.6) is 0 Å². The fourth-order valence-corrected chi connectivity index (χ4v) is 5.49. The topological polar surface area (TPSA) is 163 Å². The number of nitrogens with two attached hydrogens (primary N) is 1. The maximum atomic E-state index is 13.9. The van der Waals surface area contributed by atoms with Crippen molar-refractivity contribution in [3.8, 4) is 11.4 Å². The molecule has 1 saturated carbocycles. The average molecular weight is 642 g/mol. The first-order valence-electron chi connectivity index (χ1n) is 14.0. The van der Waals surface area contributed by atoms with Gasteiger partial charge in [-0.25, -0.2) is 19.6 Å². The molecule has 42 heavy (non-hydrogen) atoms. The van der Waals surface area contributed by atoms with E-state index in [0.717, 1.165) is 22.9 Å². The van der Waals surface area contributed by atoms with Gasteiger partial charge in [0.2, 0.25) is 5.91 Å². The summed E-state index contributed by atoms with van der Waals surface area (Å²) in [5.41, 5.74) is 7.27. The van der Waals surface area contributed by atoms with Crippen molar-refractivity contribution in [3.63, 3.8) is 0 Å². The van der Waals surface area contributed by atoms with Gasteiger partial charge in [-0.2, -0.15) is 5.10 Å². The van der Waals surface area contributed by atoms with Crippen LogP contribution < -0.4 is 21.6 Å². The largest absolute Gasteiger partial charge is 0.444 e. The van der Waals surface area contributed by atoms with E-state index in [4.69, 9.17) is 10.5 Å². The number of aromatic amines is 2. The summed E-state index contributed by atoms with van der Waals surface area (Å²) in [5, 5.41) is 9.09. The van der Waals surface area contributed by atoms with Gasteiger partial charge in [-0.1, -0.05) is 28.1 Å². The maximum Gasteiger partial charge on any atom is 0.407 e. The zero-order valence-electron chi connectivity index (χ0n) is 24.0. The van der Waals surface area contributed by atoms with Crippen LogP contribution in [-0.4, -0.2) is 51.3 Å². The van der Waals surface area contributed by atoms with Crippen molar-refractivity contribution in [2.75, 3.05) is 11.4 Å². The molecule has 0 radical (unpaired) electrons. The molecule has 2 aromatic carbocycles. The lowest BCUT2D eigenvalue weighted by molar-refractivity contribution is -0.130. The number of H-pyrrole nitrogens is 2. The van der Waals surface area contributed by atoms with Crippen molar-refractivity contribution in [3.05, 3.63) is 69.1 Å². The van der Waals surface area contributed by atoms with Crippen LogP contribution >= 0.6 is 15.9 Å². The minimum absolute atomic E-state index is 0.208. The highest BCUT2D eigenvalue weighted by Crippen LogP contribution is 2.32. The van der Waals surface area contributed by atoms with Crippen molar-refractivity contribution in [2.24, 2.45) is 17.6 Å². The third kappa shape index (κ3) is 8.39. The third-order valence-corrected chi connectivity index (χ3v) is 7.63. The first-order valence-corrected chi connectivity index (χ1v) is 14.8. The number of ether oxygens (including phenoxy) is 1. The van der Waals surface area contributed by atoms with Gasteiger partial charge in [0.15, 0.2) is 5.82 Å². The van der Waals surface area contributed by atoms with Gasteiger partial charge >= 0.3 is 11.8 Å². The zero-order valence-corrected chi connectivity index (χ0v) is 25.6. The minimum Gasteiger partial charge on any atom is -0.444 e. The second-order valence-corrected chi connectivity index (χ2v) is 12.5. The second-order valence-electron chi connectivity index (χ2n) is 11.6. The minimum atomic E-state index is -0.944.